The van der Waals surface area contributed by atoms with Crippen LogP contribution in [-0.4, -0.2) is 0 Å². The molecule has 0 aromatic heterocycles. The van der Waals surface area contributed by atoms with E-state index in [9.17, 15) is 0 Å². The van der Waals surface area contributed by atoms with Crippen molar-refractivity contribution in [2.45, 2.75) is 0 Å². The zero-order valence-corrected chi connectivity index (χ0v) is 24.4. The summed E-state index contributed by atoms with van der Waals surface area (Å²) >= 11 is 3.62. The van der Waals surface area contributed by atoms with Gasteiger partial charge in [0.2, 0.25) is 0 Å². The summed E-state index contributed by atoms with van der Waals surface area (Å²) in [6.45, 7) is 0. The van der Waals surface area contributed by atoms with Crippen LogP contribution in [0.1, 0.15) is 0 Å². The van der Waals surface area contributed by atoms with Gasteiger partial charge in [0.05, 0.1) is 5.69 Å². The molecule has 42 heavy (non-hydrogen) atoms. The van der Waals surface area contributed by atoms with Gasteiger partial charge < -0.3 is 4.90 Å². The van der Waals surface area contributed by atoms with Crippen LogP contribution < -0.4 is 4.90 Å². The Bertz CT molecular complexity index is 2280. The second-order valence-corrected chi connectivity index (χ2v) is 11.7. The Kier molecular flexibility index (Phi) is 6.01. The smallest absolute Gasteiger partial charge is 0.0540 e. The van der Waals surface area contributed by atoms with Crippen molar-refractivity contribution in [2.75, 3.05) is 4.90 Å². The Balaban J connectivity index is 1.27. The SMILES string of the molecule is Brc1ccc2ccc(-c3ccc4cc(N(c5ccc6ccccc6c5)c5cccc6ccccc56)ccc4c3)cc2c1. The lowest BCUT2D eigenvalue weighted by Crippen LogP contribution is -2.10. The zero-order valence-electron chi connectivity index (χ0n) is 22.8. The van der Waals surface area contributed by atoms with Crippen molar-refractivity contribution in [3.05, 3.63) is 162 Å². The molecule has 0 aliphatic carbocycles. The van der Waals surface area contributed by atoms with Gasteiger partial charge in [0.15, 0.2) is 0 Å². The fourth-order valence-corrected chi connectivity index (χ4v) is 6.47. The topological polar surface area (TPSA) is 3.24 Å². The predicted molar refractivity (Wildman–Crippen MR) is 184 cm³/mol. The maximum Gasteiger partial charge on any atom is 0.0540 e. The monoisotopic (exact) mass is 599 g/mol. The van der Waals surface area contributed by atoms with E-state index < -0.39 is 0 Å². The van der Waals surface area contributed by atoms with Gasteiger partial charge in [0.1, 0.15) is 0 Å². The first-order chi connectivity index (χ1) is 20.7. The maximum absolute atomic E-state index is 3.62. The Morgan fingerprint density at radius 1 is 0.357 bits per heavy atom. The summed E-state index contributed by atoms with van der Waals surface area (Å²) in [4.78, 5) is 2.39. The van der Waals surface area contributed by atoms with E-state index in [2.05, 4.69) is 179 Å². The lowest BCUT2D eigenvalue weighted by atomic mass is 9.98. The van der Waals surface area contributed by atoms with Gasteiger partial charge in [-0.05, 0) is 103 Å². The highest BCUT2D eigenvalue weighted by Crippen LogP contribution is 2.41. The largest absolute Gasteiger partial charge is 0.310 e. The minimum absolute atomic E-state index is 1.10. The number of fused-ring (bicyclic) bond motifs is 4. The number of hydrogen-bond donors (Lipinski definition) is 0. The van der Waals surface area contributed by atoms with E-state index in [4.69, 9.17) is 0 Å². The molecule has 8 rings (SSSR count). The van der Waals surface area contributed by atoms with Crippen LogP contribution in [0.3, 0.4) is 0 Å². The Morgan fingerprint density at radius 2 is 0.881 bits per heavy atom. The Hall–Kier alpha value is -4.92. The van der Waals surface area contributed by atoms with Gasteiger partial charge in [-0.3, -0.25) is 0 Å². The molecule has 0 aliphatic rings. The van der Waals surface area contributed by atoms with E-state index in [-0.39, 0.29) is 0 Å². The maximum atomic E-state index is 3.62. The van der Waals surface area contributed by atoms with Crippen LogP contribution in [0.15, 0.2) is 162 Å². The van der Waals surface area contributed by atoms with Gasteiger partial charge in [-0.25, -0.2) is 0 Å². The normalized spacial score (nSPS) is 11.5. The number of nitrogens with zero attached hydrogens (tertiary/aromatic N) is 1. The summed E-state index contributed by atoms with van der Waals surface area (Å²) in [5.74, 6) is 0. The average molecular weight is 601 g/mol. The third-order valence-corrected chi connectivity index (χ3v) is 8.71. The van der Waals surface area contributed by atoms with Crippen LogP contribution in [0.5, 0.6) is 0 Å². The van der Waals surface area contributed by atoms with Gasteiger partial charge in [-0.2, -0.15) is 0 Å². The average Bonchev–Trinajstić information content (AvgIpc) is 3.04. The molecule has 0 amide bonds. The molecule has 0 spiro atoms. The van der Waals surface area contributed by atoms with Crippen LogP contribution in [0, 0.1) is 0 Å². The first-order valence-corrected chi connectivity index (χ1v) is 15.0. The van der Waals surface area contributed by atoms with Gasteiger partial charge in [0.25, 0.3) is 0 Å². The van der Waals surface area contributed by atoms with Crippen molar-refractivity contribution in [3.8, 4) is 11.1 Å². The molecule has 0 aliphatic heterocycles. The fraction of sp³-hybridized carbons (Fsp3) is 0. The summed E-state index contributed by atoms with van der Waals surface area (Å²) in [5.41, 5.74) is 5.89. The van der Waals surface area contributed by atoms with E-state index >= 15 is 0 Å². The lowest BCUT2D eigenvalue weighted by Gasteiger charge is -2.27. The van der Waals surface area contributed by atoms with Crippen LogP contribution in [0.2, 0.25) is 0 Å². The fourth-order valence-electron chi connectivity index (χ4n) is 6.10. The summed E-state index contributed by atoms with van der Waals surface area (Å²) in [5, 5.41) is 9.85. The minimum Gasteiger partial charge on any atom is -0.310 e. The second-order valence-electron chi connectivity index (χ2n) is 10.8. The third-order valence-electron chi connectivity index (χ3n) is 8.22. The van der Waals surface area contributed by atoms with Gasteiger partial charge in [-0.1, -0.05) is 119 Å². The first kappa shape index (κ1) is 24.8. The van der Waals surface area contributed by atoms with Crippen molar-refractivity contribution in [3.63, 3.8) is 0 Å². The molecule has 0 unspecified atom stereocenters. The van der Waals surface area contributed by atoms with Crippen LogP contribution in [0.4, 0.5) is 17.1 Å². The molecule has 1 nitrogen and oxygen atoms in total. The highest BCUT2D eigenvalue weighted by molar-refractivity contribution is 9.10. The minimum atomic E-state index is 1.10. The molecule has 0 radical (unpaired) electrons. The molecule has 0 atom stereocenters. The van der Waals surface area contributed by atoms with Crippen molar-refractivity contribution < 1.29 is 0 Å². The molecule has 8 aromatic rings. The molecular formula is C40H26BrN. The summed E-state index contributed by atoms with van der Waals surface area (Å²) in [7, 11) is 0. The van der Waals surface area contributed by atoms with Crippen LogP contribution in [0.25, 0.3) is 54.2 Å². The zero-order chi connectivity index (χ0) is 28.0. The number of benzene rings is 8. The standard InChI is InChI=1S/C40H26BrN/c41-36-19-16-28-12-13-32(23-35(28)24-36)31-14-15-34-26-38(21-18-33(34)22-31)42(37-20-17-27-6-1-2-8-30(27)25-37)40-11-5-9-29-7-3-4-10-39(29)40/h1-26H. The molecule has 0 heterocycles. The van der Waals surface area contributed by atoms with Gasteiger partial charge in [-0.15, -0.1) is 0 Å². The molecule has 0 N–H and O–H groups in total. The van der Waals surface area contributed by atoms with E-state index in [1.165, 1.54) is 59.9 Å². The molecule has 0 bridgehead atoms. The second kappa shape index (κ2) is 10.2. The quantitative estimate of drug-likeness (QED) is 0.194. The highest BCUT2D eigenvalue weighted by atomic mass is 79.9. The highest BCUT2D eigenvalue weighted by Gasteiger charge is 2.16. The number of anilines is 3. The Morgan fingerprint density at radius 3 is 1.69 bits per heavy atom. The van der Waals surface area contributed by atoms with Gasteiger partial charge in [0, 0.05) is 21.2 Å². The molecule has 8 aromatic carbocycles. The van der Waals surface area contributed by atoms with Crippen LogP contribution >= 0.6 is 15.9 Å². The number of rotatable bonds is 4. The van der Waals surface area contributed by atoms with Crippen LogP contribution in [-0.2, 0) is 0 Å². The van der Waals surface area contributed by atoms with Crippen molar-refractivity contribution in [2.24, 2.45) is 0 Å². The van der Waals surface area contributed by atoms with E-state index in [1.54, 1.807) is 0 Å². The Labute approximate surface area is 253 Å². The summed E-state index contributed by atoms with van der Waals surface area (Å²) < 4.78 is 1.10. The lowest BCUT2D eigenvalue weighted by molar-refractivity contribution is 1.31. The third kappa shape index (κ3) is 4.41. The molecule has 2 heteroatoms. The van der Waals surface area contributed by atoms with Crippen molar-refractivity contribution in [1.29, 1.82) is 0 Å². The molecule has 198 valence electrons. The molecule has 0 saturated carbocycles. The number of hydrogen-bond acceptors (Lipinski definition) is 1. The van der Waals surface area contributed by atoms with E-state index in [0.717, 1.165) is 15.8 Å². The van der Waals surface area contributed by atoms with Gasteiger partial charge >= 0.3 is 0 Å². The van der Waals surface area contributed by atoms with Crippen molar-refractivity contribution >= 4 is 76.1 Å². The summed E-state index contributed by atoms with van der Waals surface area (Å²) in [6, 6.07) is 57.2. The van der Waals surface area contributed by atoms with E-state index in [1.807, 2.05) is 0 Å². The number of halogens is 1. The van der Waals surface area contributed by atoms with E-state index in [0.29, 0.717) is 0 Å². The molecule has 0 saturated heterocycles. The predicted octanol–water partition coefficient (Wildman–Crippen LogP) is 12.2. The summed E-state index contributed by atoms with van der Waals surface area (Å²) in [6.07, 6.45) is 0. The molecule has 0 fully saturated rings. The first-order valence-electron chi connectivity index (χ1n) is 14.2. The van der Waals surface area contributed by atoms with Crippen molar-refractivity contribution in [1.82, 2.24) is 0 Å². The molecular weight excluding hydrogens is 574 g/mol.